The first kappa shape index (κ1) is 11.3. The van der Waals surface area contributed by atoms with Gasteiger partial charge in [0, 0.05) is 6.20 Å². The molecule has 0 saturated carbocycles. The predicted octanol–water partition coefficient (Wildman–Crippen LogP) is 3.32. The van der Waals surface area contributed by atoms with E-state index in [1.165, 1.54) is 12.1 Å². The first-order valence-electron chi connectivity index (χ1n) is 5.40. The first-order chi connectivity index (χ1) is 8.26. The minimum atomic E-state index is -0.278. The van der Waals surface area contributed by atoms with Crippen molar-refractivity contribution in [1.29, 1.82) is 5.26 Å². The molecule has 0 unspecified atom stereocenters. The Hall–Kier alpha value is -2.21. The largest absolute Gasteiger partial charge is 0.245 e. The van der Waals surface area contributed by atoms with Crippen LogP contribution in [0.3, 0.4) is 0 Å². The molecule has 0 amide bonds. The van der Waals surface area contributed by atoms with Gasteiger partial charge in [-0.3, -0.25) is 0 Å². The van der Waals surface area contributed by atoms with Gasteiger partial charge < -0.3 is 0 Å². The second kappa shape index (κ2) is 4.75. The summed E-state index contributed by atoms with van der Waals surface area (Å²) < 4.78 is 13.2. The molecule has 0 aliphatic carbocycles. The van der Waals surface area contributed by atoms with E-state index in [2.05, 4.69) is 11.1 Å². The molecule has 3 heteroatoms. The van der Waals surface area contributed by atoms with Gasteiger partial charge in [0.2, 0.25) is 0 Å². The van der Waals surface area contributed by atoms with Gasteiger partial charge in [-0.2, -0.15) is 5.26 Å². The van der Waals surface area contributed by atoms with E-state index in [1.807, 2.05) is 19.1 Å². The van der Waals surface area contributed by atoms with Crippen molar-refractivity contribution in [2.45, 2.75) is 13.3 Å². The highest BCUT2D eigenvalue weighted by atomic mass is 19.1. The second-order valence-electron chi connectivity index (χ2n) is 3.66. The van der Waals surface area contributed by atoms with Crippen molar-refractivity contribution in [3.05, 3.63) is 53.6 Å². The van der Waals surface area contributed by atoms with Gasteiger partial charge in [0.15, 0.2) is 0 Å². The third kappa shape index (κ3) is 2.16. The molecule has 0 aliphatic heterocycles. The van der Waals surface area contributed by atoms with Crippen LogP contribution in [0.25, 0.3) is 11.1 Å². The van der Waals surface area contributed by atoms with Crippen LogP contribution in [0.4, 0.5) is 4.39 Å². The molecule has 0 bridgehead atoms. The minimum Gasteiger partial charge on any atom is -0.245 e. The van der Waals surface area contributed by atoms with E-state index < -0.39 is 0 Å². The van der Waals surface area contributed by atoms with Crippen LogP contribution in [0.1, 0.15) is 18.2 Å². The van der Waals surface area contributed by atoms with Gasteiger partial charge in [0.1, 0.15) is 17.6 Å². The fraction of sp³-hybridized carbons (Fsp3) is 0.143. The number of aromatic nitrogens is 1. The van der Waals surface area contributed by atoms with E-state index in [0.29, 0.717) is 12.1 Å². The van der Waals surface area contributed by atoms with E-state index in [1.54, 1.807) is 12.3 Å². The smallest absolute Gasteiger partial charge is 0.144 e. The van der Waals surface area contributed by atoms with Gasteiger partial charge in [-0.1, -0.05) is 19.1 Å². The maximum atomic E-state index is 13.2. The summed E-state index contributed by atoms with van der Waals surface area (Å²) in [7, 11) is 0. The quantitative estimate of drug-likeness (QED) is 0.787. The molecule has 2 rings (SSSR count). The Morgan fingerprint density at radius 1 is 1.35 bits per heavy atom. The van der Waals surface area contributed by atoms with Gasteiger partial charge in [-0.15, -0.1) is 0 Å². The highest BCUT2D eigenvalue weighted by molar-refractivity contribution is 5.68. The van der Waals surface area contributed by atoms with Crippen molar-refractivity contribution in [1.82, 2.24) is 4.98 Å². The zero-order valence-corrected chi connectivity index (χ0v) is 9.44. The summed E-state index contributed by atoms with van der Waals surface area (Å²) in [6, 6.07) is 10.2. The van der Waals surface area contributed by atoms with E-state index in [9.17, 15) is 4.39 Å². The average Bonchev–Trinajstić information content (AvgIpc) is 2.37. The van der Waals surface area contributed by atoms with Crippen LogP contribution >= 0.6 is 0 Å². The molecule has 2 aromatic rings. The number of hydrogen-bond donors (Lipinski definition) is 0. The summed E-state index contributed by atoms with van der Waals surface area (Å²) in [5.41, 5.74) is 2.93. The molecule has 1 aromatic carbocycles. The minimum absolute atomic E-state index is 0.278. The van der Waals surface area contributed by atoms with E-state index in [4.69, 9.17) is 5.26 Å². The summed E-state index contributed by atoms with van der Waals surface area (Å²) in [6.45, 7) is 1.96. The number of nitrogens with zero attached hydrogens (tertiary/aromatic N) is 2. The number of rotatable bonds is 2. The molecule has 17 heavy (non-hydrogen) atoms. The molecule has 84 valence electrons. The maximum absolute atomic E-state index is 13.2. The third-order valence-electron chi connectivity index (χ3n) is 2.65. The summed E-state index contributed by atoms with van der Waals surface area (Å²) in [6.07, 6.45) is 2.28. The maximum Gasteiger partial charge on any atom is 0.144 e. The van der Waals surface area contributed by atoms with Gasteiger partial charge >= 0.3 is 0 Å². The number of hydrogen-bond acceptors (Lipinski definition) is 2. The fourth-order valence-corrected chi connectivity index (χ4v) is 1.87. The molecular formula is C14H11FN2. The lowest BCUT2D eigenvalue weighted by Crippen LogP contribution is -1.95. The lowest BCUT2D eigenvalue weighted by atomic mass is 9.97. The molecule has 0 N–H and O–H groups in total. The molecule has 1 aromatic heterocycles. The van der Waals surface area contributed by atoms with Crippen LogP contribution in [-0.2, 0) is 6.42 Å². The Labute approximate surface area is 99.4 Å². The number of benzene rings is 1. The van der Waals surface area contributed by atoms with Crippen LogP contribution in [0.5, 0.6) is 0 Å². The van der Waals surface area contributed by atoms with E-state index in [-0.39, 0.29) is 5.82 Å². The molecule has 0 radical (unpaired) electrons. The second-order valence-corrected chi connectivity index (χ2v) is 3.66. The summed E-state index contributed by atoms with van der Waals surface area (Å²) >= 11 is 0. The lowest BCUT2D eigenvalue weighted by Gasteiger charge is -2.08. The average molecular weight is 226 g/mol. The Morgan fingerprint density at radius 2 is 2.18 bits per heavy atom. The number of halogens is 1. The van der Waals surface area contributed by atoms with Gasteiger partial charge in [0.25, 0.3) is 0 Å². The van der Waals surface area contributed by atoms with Crippen LogP contribution in [0.2, 0.25) is 0 Å². The zero-order valence-electron chi connectivity index (χ0n) is 9.44. The molecule has 0 aliphatic rings. The summed E-state index contributed by atoms with van der Waals surface area (Å²) in [5.74, 6) is -0.278. The molecule has 1 heterocycles. The monoisotopic (exact) mass is 226 g/mol. The van der Waals surface area contributed by atoms with Gasteiger partial charge in [-0.05, 0) is 41.3 Å². The number of nitriles is 1. The Balaban J connectivity index is 2.64. The third-order valence-corrected chi connectivity index (χ3v) is 2.65. The molecule has 0 atom stereocenters. The van der Waals surface area contributed by atoms with Crippen LogP contribution in [0.15, 0.2) is 36.5 Å². The van der Waals surface area contributed by atoms with Crippen molar-refractivity contribution in [2.75, 3.05) is 0 Å². The van der Waals surface area contributed by atoms with Gasteiger partial charge in [0.05, 0.1) is 0 Å². The zero-order chi connectivity index (χ0) is 12.3. The predicted molar refractivity (Wildman–Crippen MR) is 63.7 cm³/mol. The van der Waals surface area contributed by atoms with Crippen molar-refractivity contribution in [3.8, 4) is 17.2 Å². The SMILES string of the molecule is CCc1c(-c2cccc(F)c2)ccnc1C#N. The standard InChI is InChI=1S/C14H11FN2/c1-2-12-13(6-7-17-14(12)9-16)10-4-3-5-11(15)8-10/h3-8H,2H2,1H3. The van der Waals surface area contributed by atoms with Crippen LogP contribution in [0, 0.1) is 17.1 Å². The Morgan fingerprint density at radius 3 is 2.82 bits per heavy atom. The van der Waals surface area contributed by atoms with E-state index in [0.717, 1.165) is 16.7 Å². The summed E-state index contributed by atoms with van der Waals surface area (Å²) in [4.78, 5) is 4.02. The van der Waals surface area contributed by atoms with Crippen LogP contribution in [-0.4, -0.2) is 4.98 Å². The first-order valence-corrected chi connectivity index (χ1v) is 5.40. The Bertz CT molecular complexity index is 585. The summed E-state index contributed by atoms with van der Waals surface area (Å²) in [5, 5.41) is 8.99. The number of pyridine rings is 1. The molecule has 0 fully saturated rings. The normalized spacial score (nSPS) is 9.94. The van der Waals surface area contributed by atoms with E-state index >= 15 is 0 Å². The van der Waals surface area contributed by atoms with Crippen molar-refractivity contribution < 1.29 is 4.39 Å². The molecule has 0 saturated heterocycles. The molecular weight excluding hydrogens is 215 g/mol. The Kier molecular flexibility index (Phi) is 3.15. The molecule has 0 spiro atoms. The van der Waals surface area contributed by atoms with Crippen molar-refractivity contribution in [3.63, 3.8) is 0 Å². The fourth-order valence-electron chi connectivity index (χ4n) is 1.87. The molecule has 2 nitrogen and oxygen atoms in total. The van der Waals surface area contributed by atoms with Gasteiger partial charge in [-0.25, -0.2) is 9.37 Å². The highest BCUT2D eigenvalue weighted by Crippen LogP contribution is 2.25. The topological polar surface area (TPSA) is 36.7 Å². The van der Waals surface area contributed by atoms with Crippen LogP contribution < -0.4 is 0 Å². The highest BCUT2D eigenvalue weighted by Gasteiger charge is 2.09. The lowest BCUT2D eigenvalue weighted by molar-refractivity contribution is 0.628. The van der Waals surface area contributed by atoms with Crippen molar-refractivity contribution >= 4 is 0 Å². The van der Waals surface area contributed by atoms with Crippen molar-refractivity contribution in [2.24, 2.45) is 0 Å².